The van der Waals surface area contributed by atoms with Gasteiger partial charge in [0, 0.05) is 17.6 Å². The highest BCUT2D eigenvalue weighted by Gasteiger charge is 2.41. The predicted octanol–water partition coefficient (Wildman–Crippen LogP) is 3.06. The maximum Gasteiger partial charge on any atom is 0.137 e. The van der Waals surface area contributed by atoms with Crippen LogP contribution in [0.4, 0.5) is 11.5 Å². The summed E-state index contributed by atoms with van der Waals surface area (Å²) in [6.45, 7) is 1.05. The van der Waals surface area contributed by atoms with E-state index in [9.17, 15) is 0 Å². The van der Waals surface area contributed by atoms with Gasteiger partial charge in [-0.25, -0.2) is 9.97 Å². The first kappa shape index (κ1) is 11.9. The Balaban J connectivity index is 1.55. The van der Waals surface area contributed by atoms with Gasteiger partial charge in [-0.05, 0) is 61.6 Å². The fraction of sp³-hybridized carbons (Fsp3) is 0.500. The average molecular weight is 268 g/mol. The summed E-state index contributed by atoms with van der Waals surface area (Å²) in [7, 11) is 0. The van der Waals surface area contributed by atoms with Crippen LogP contribution in [0.25, 0.3) is 10.9 Å². The lowest BCUT2D eigenvalue weighted by Gasteiger charge is -2.17. The topological polar surface area (TPSA) is 63.8 Å². The highest BCUT2D eigenvalue weighted by Crippen LogP contribution is 2.49. The van der Waals surface area contributed by atoms with Crippen molar-refractivity contribution in [2.24, 2.45) is 17.8 Å². The Morgan fingerprint density at radius 1 is 1.15 bits per heavy atom. The number of nitrogens with one attached hydrogen (secondary N) is 1. The molecule has 3 N–H and O–H groups in total. The number of hydrogen-bond acceptors (Lipinski definition) is 4. The van der Waals surface area contributed by atoms with Gasteiger partial charge in [0.15, 0.2) is 0 Å². The van der Waals surface area contributed by atoms with Gasteiger partial charge in [-0.1, -0.05) is 0 Å². The Labute approximate surface area is 118 Å². The second-order valence-corrected chi connectivity index (χ2v) is 6.22. The average Bonchev–Trinajstić information content (AvgIpc) is 3.32. The SMILES string of the molecule is Nc1ccc2c(NCC(C3CC3)C3CC3)ncnc2c1. The van der Waals surface area contributed by atoms with Gasteiger partial charge in [-0.3, -0.25) is 0 Å². The van der Waals surface area contributed by atoms with Gasteiger partial charge in [-0.15, -0.1) is 0 Å². The molecular formula is C16H20N4. The molecule has 2 aliphatic rings. The van der Waals surface area contributed by atoms with Crippen molar-refractivity contribution in [1.82, 2.24) is 9.97 Å². The van der Waals surface area contributed by atoms with Crippen LogP contribution in [-0.2, 0) is 0 Å². The van der Waals surface area contributed by atoms with Crippen molar-refractivity contribution < 1.29 is 0 Å². The van der Waals surface area contributed by atoms with Crippen LogP contribution in [0.5, 0.6) is 0 Å². The van der Waals surface area contributed by atoms with Crippen LogP contribution in [0, 0.1) is 17.8 Å². The summed E-state index contributed by atoms with van der Waals surface area (Å²) >= 11 is 0. The molecule has 1 aromatic heterocycles. The summed E-state index contributed by atoms with van der Waals surface area (Å²) in [5.74, 6) is 3.70. The molecule has 2 saturated carbocycles. The summed E-state index contributed by atoms with van der Waals surface area (Å²) in [6, 6.07) is 5.83. The molecule has 0 bridgehead atoms. The molecule has 2 fully saturated rings. The molecule has 0 radical (unpaired) electrons. The molecule has 2 aromatic rings. The maximum absolute atomic E-state index is 5.81. The van der Waals surface area contributed by atoms with Crippen LogP contribution in [0.1, 0.15) is 25.7 Å². The van der Waals surface area contributed by atoms with Gasteiger partial charge in [-0.2, -0.15) is 0 Å². The standard InChI is InChI=1S/C16H20N4/c17-12-5-6-13-15(7-12)19-9-20-16(13)18-8-14(10-1-2-10)11-3-4-11/h5-7,9-11,14H,1-4,8,17H2,(H,18,19,20). The van der Waals surface area contributed by atoms with E-state index in [2.05, 4.69) is 15.3 Å². The first-order valence-electron chi connectivity index (χ1n) is 7.55. The molecule has 1 aromatic carbocycles. The normalized spacial score (nSPS) is 18.6. The number of nitrogens with zero attached hydrogens (tertiary/aromatic N) is 2. The molecule has 20 heavy (non-hydrogen) atoms. The molecule has 0 spiro atoms. The van der Waals surface area contributed by atoms with Crippen molar-refractivity contribution >= 4 is 22.4 Å². The molecule has 0 unspecified atom stereocenters. The summed E-state index contributed by atoms with van der Waals surface area (Å²) in [4.78, 5) is 8.70. The number of benzene rings is 1. The third kappa shape index (κ3) is 2.30. The number of nitrogens with two attached hydrogens (primary N) is 1. The quantitative estimate of drug-likeness (QED) is 0.818. The summed E-state index contributed by atoms with van der Waals surface area (Å²) < 4.78 is 0. The van der Waals surface area contributed by atoms with Gasteiger partial charge in [0.1, 0.15) is 12.1 Å². The molecule has 4 rings (SSSR count). The number of rotatable bonds is 5. The van der Waals surface area contributed by atoms with Crippen LogP contribution < -0.4 is 11.1 Å². The smallest absolute Gasteiger partial charge is 0.137 e. The van der Waals surface area contributed by atoms with E-state index < -0.39 is 0 Å². The first-order chi connectivity index (χ1) is 9.81. The fourth-order valence-electron chi connectivity index (χ4n) is 3.20. The third-order valence-electron chi connectivity index (χ3n) is 4.62. The van der Waals surface area contributed by atoms with Crippen LogP contribution in [0.2, 0.25) is 0 Å². The second-order valence-electron chi connectivity index (χ2n) is 6.22. The van der Waals surface area contributed by atoms with Crippen molar-refractivity contribution in [3.05, 3.63) is 24.5 Å². The monoisotopic (exact) mass is 268 g/mol. The Kier molecular flexibility index (Phi) is 2.76. The predicted molar refractivity (Wildman–Crippen MR) is 81.4 cm³/mol. The lowest BCUT2D eigenvalue weighted by molar-refractivity contribution is 0.428. The zero-order chi connectivity index (χ0) is 13.5. The number of anilines is 2. The minimum atomic E-state index is 0.746. The molecule has 4 nitrogen and oxygen atoms in total. The van der Waals surface area contributed by atoms with Crippen molar-refractivity contribution in [2.75, 3.05) is 17.6 Å². The molecule has 0 aliphatic heterocycles. The van der Waals surface area contributed by atoms with Crippen LogP contribution in [-0.4, -0.2) is 16.5 Å². The van der Waals surface area contributed by atoms with Crippen molar-refractivity contribution in [3.63, 3.8) is 0 Å². The van der Waals surface area contributed by atoms with Crippen LogP contribution in [0.3, 0.4) is 0 Å². The van der Waals surface area contributed by atoms with E-state index in [-0.39, 0.29) is 0 Å². The molecule has 0 amide bonds. The second kappa shape index (κ2) is 4.62. The number of aromatic nitrogens is 2. The summed E-state index contributed by atoms with van der Waals surface area (Å²) in [5.41, 5.74) is 7.47. The van der Waals surface area contributed by atoms with E-state index in [1.54, 1.807) is 6.33 Å². The van der Waals surface area contributed by atoms with Crippen molar-refractivity contribution in [3.8, 4) is 0 Å². The number of nitrogen functional groups attached to an aromatic ring is 1. The zero-order valence-corrected chi connectivity index (χ0v) is 11.5. The Bertz CT molecular complexity index is 619. The molecule has 0 atom stereocenters. The lowest BCUT2D eigenvalue weighted by Crippen LogP contribution is -2.19. The highest BCUT2D eigenvalue weighted by molar-refractivity contribution is 5.90. The fourth-order valence-corrected chi connectivity index (χ4v) is 3.20. The summed E-state index contributed by atoms with van der Waals surface area (Å²) in [6.07, 6.45) is 7.30. The van der Waals surface area contributed by atoms with Crippen LogP contribution >= 0.6 is 0 Å². The molecule has 104 valence electrons. The molecule has 0 saturated heterocycles. The third-order valence-corrected chi connectivity index (χ3v) is 4.62. The molecule has 4 heteroatoms. The van der Waals surface area contributed by atoms with E-state index in [1.165, 1.54) is 25.7 Å². The molecule has 1 heterocycles. The lowest BCUT2D eigenvalue weighted by atomic mass is 9.98. The first-order valence-corrected chi connectivity index (χ1v) is 7.55. The van der Waals surface area contributed by atoms with Crippen LogP contribution in [0.15, 0.2) is 24.5 Å². The van der Waals surface area contributed by atoms with Gasteiger partial charge in [0.25, 0.3) is 0 Å². The maximum atomic E-state index is 5.81. The van der Waals surface area contributed by atoms with Crippen molar-refractivity contribution in [1.29, 1.82) is 0 Å². The Morgan fingerprint density at radius 2 is 1.90 bits per heavy atom. The minimum absolute atomic E-state index is 0.746. The Hall–Kier alpha value is -1.84. The van der Waals surface area contributed by atoms with E-state index in [1.807, 2.05) is 18.2 Å². The number of hydrogen-bond donors (Lipinski definition) is 2. The number of fused-ring (bicyclic) bond motifs is 1. The van der Waals surface area contributed by atoms with E-state index >= 15 is 0 Å². The molecular weight excluding hydrogens is 248 g/mol. The van der Waals surface area contributed by atoms with Gasteiger partial charge in [0.05, 0.1) is 5.52 Å². The Morgan fingerprint density at radius 3 is 2.60 bits per heavy atom. The van der Waals surface area contributed by atoms with E-state index in [0.29, 0.717) is 0 Å². The largest absolute Gasteiger partial charge is 0.399 e. The van der Waals surface area contributed by atoms with E-state index in [4.69, 9.17) is 5.73 Å². The van der Waals surface area contributed by atoms with Gasteiger partial charge >= 0.3 is 0 Å². The minimum Gasteiger partial charge on any atom is -0.399 e. The zero-order valence-electron chi connectivity index (χ0n) is 11.5. The van der Waals surface area contributed by atoms with Gasteiger partial charge < -0.3 is 11.1 Å². The summed E-state index contributed by atoms with van der Waals surface area (Å²) in [5, 5.41) is 4.62. The van der Waals surface area contributed by atoms with Crippen molar-refractivity contribution in [2.45, 2.75) is 25.7 Å². The van der Waals surface area contributed by atoms with Gasteiger partial charge in [0.2, 0.25) is 0 Å². The highest BCUT2D eigenvalue weighted by atomic mass is 15.0. The van der Waals surface area contributed by atoms with E-state index in [0.717, 1.165) is 46.7 Å². The molecule has 2 aliphatic carbocycles.